The molecule has 1 saturated heterocycles. The van der Waals surface area contributed by atoms with Gasteiger partial charge in [0.15, 0.2) is 0 Å². The second kappa shape index (κ2) is 8.07. The van der Waals surface area contributed by atoms with E-state index in [1.165, 1.54) is 5.56 Å². The molecular weight excluding hydrogens is 330 g/mol. The Hall–Kier alpha value is -2.77. The van der Waals surface area contributed by atoms with Crippen molar-refractivity contribution in [2.24, 2.45) is 0 Å². The summed E-state index contributed by atoms with van der Waals surface area (Å²) in [5.41, 5.74) is 10.7. The number of methoxy groups -OCH3 is 1. The molecule has 2 aromatic rings. The zero-order valence-electron chi connectivity index (χ0n) is 15.2. The van der Waals surface area contributed by atoms with Gasteiger partial charge in [-0.2, -0.15) is 0 Å². The van der Waals surface area contributed by atoms with Gasteiger partial charge in [-0.15, -0.1) is 0 Å². The lowest BCUT2D eigenvalue weighted by Gasteiger charge is -2.17. The fraction of sp³-hybridized carbons (Fsp3) is 0.316. The van der Waals surface area contributed by atoms with Gasteiger partial charge >= 0.3 is 6.03 Å². The molecule has 1 fully saturated rings. The zero-order valence-corrected chi connectivity index (χ0v) is 15.2. The molecule has 0 aromatic heterocycles. The lowest BCUT2D eigenvalue weighted by Crippen LogP contribution is -2.36. The number of hydrogen-bond acceptors (Lipinski definition) is 5. The first kappa shape index (κ1) is 18.0. The van der Waals surface area contributed by atoms with Crippen molar-refractivity contribution < 1.29 is 9.53 Å². The summed E-state index contributed by atoms with van der Waals surface area (Å²) in [5.74, 6) is 0.857. The van der Waals surface area contributed by atoms with Crippen molar-refractivity contribution in [3.05, 3.63) is 53.6 Å². The second-order valence-corrected chi connectivity index (χ2v) is 6.28. The van der Waals surface area contributed by atoms with Gasteiger partial charge in [-0.3, -0.25) is 0 Å². The largest absolute Gasteiger partial charge is 0.497 e. The van der Waals surface area contributed by atoms with E-state index in [9.17, 15) is 4.79 Å². The van der Waals surface area contributed by atoms with E-state index < -0.39 is 0 Å². The smallest absolute Gasteiger partial charge is 0.318 e. The molecule has 2 unspecified atom stereocenters. The van der Waals surface area contributed by atoms with Crippen molar-refractivity contribution >= 4 is 17.4 Å². The third kappa shape index (κ3) is 4.25. The maximum absolute atomic E-state index is 11.4. The number of ether oxygens (including phenoxy) is 1. The van der Waals surface area contributed by atoms with Gasteiger partial charge < -0.3 is 20.7 Å². The van der Waals surface area contributed by atoms with Crippen molar-refractivity contribution in [3.63, 3.8) is 0 Å². The van der Waals surface area contributed by atoms with Crippen LogP contribution in [-0.4, -0.2) is 26.4 Å². The highest BCUT2D eigenvalue weighted by atomic mass is 16.5. The van der Waals surface area contributed by atoms with Gasteiger partial charge in [0, 0.05) is 30.9 Å². The fourth-order valence-corrected chi connectivity index (χ4v) is 2.99. The Morgan fingerprint density at radius 3 is 2.58 bits per heavy atom. The Labute approximate surface area is 153 Å². The minimum atomic E-state index is -0.228. The monoisotopic (exact) mass is 355 g/mol. The molecule has 0 aliphatic carbocycles. The summed E-state index contributed by atoms with van der Waals surface area (Å²) in [6.45, 7) is 2.01. The average molecular weight is 355 g/mol. The van der Waals surface area contributed by atoms with Crippen LogP contribution in [0.15, 0.2) is 42.5 Å². The Bertz CT molecular complexity index is 763. The summed E-state index contributed by atoms with van der Waals surface area (Å²) >= 11 is 0. The Kier molecular flexibility index (Phi) is 5.60. The van der Waals surface area contributed by atoms with Crippen LogP contribution < -0.4 is 31.5 Å². The fourth-order valence-electron chi connectivity index (χ4n) is 2.99. The molecule has 138 valence electrons. The molecule has 0 spiro atoms. The van der Waals surface area contributed by atoms with Gasteiger partial charge in [0.05, 0.1) is 13.3 Å². The molecule has 2 aromatic carbocycles. The number of rotatable bonds is 5. The van der Waals surface area contributed by atoms with Crippen LogP contribution in [0.1, 0.15) is 23.6 Å². The van der Waals surface area contributed by atoms with Gasteiger partial charge in [-0.25, -0.2) is 15.6 Å². The molecule has 3 rings (SSSR count). The lowest BCUT2D eigenvalue weighted by molar-refractivity contribution is 0.254. The van der Waals surface area contributed by atoms with Crippen LogP contribution in [0.25, 0.3) is 0 Å². The lowest BCUT2D eigenvalue weighted by atomic mass is 10.0. The maximum Gasteiger partial charge on any atom is 0.318 e. The summed E-state index contributed by atoms with van der Waals surface area (Å²) in [6.07, 6.45) is 1.02. The number of nitrogens with one attached hydrogen (secondary N) is 5. The van der Waals surface area contributed by atoms with Crippen molar-refractivity contribution in [3.8, 4) is 5.75 Å². The summed E-state index contributed by atoms with van der Waals surface area (Å²) in [4.78, 5) is 11.4. The highest BCUT2D eigenvalue weighted by molar-refractivity contribution is 5.89. The van der Waals surface area contributed by atoms with Crippen LogP contribution in [-0.2, 0) is 0 Å². The topological polar surface area (TPSA) is 86.5 Å². The number of anilines is 2. The summed E-state index contributed by atoms with van der Waals surface area (Å²) < 4.78 is 5.21. The van der Waals surface area contributed by atoms with Gasteiger partial charge in [0.1, 0.15) is 5.75 Å². The van der Waals surface area contributed by atoms with Gasteiger partial charge in [-0.05, 0) is 48.4 Å². The predicted molar refractivity (Wildman–Crippen MR) is 103 cm³/mol. The van der Waals surface area contributed by atoms with Gasteiger partial charge in [0.2, 0.25) is 0 Å². The van der Waals surface area contributed by atoms with Crippen LogP contribution in [0.4, 0.5) is 16.2 Å². The van der Waals surface area contributed by atoms with E-state index in [1.54, 1.807) is 14.2 Å². The van der Waals surface area contributed by atoms with Crippen molar-refractivity contribution in [1.29, 1.82) is 0 Å². The van der Waals surface area contributed by atoms with Crippen molar-refractivity contribution in [2.75, 3.05) is 24.8 Å². The molecule has 0 radical (unpaired) electrons. The molecule has 0 bridgehead atoms. The van der Waals surface area contributed by atoms with Crippen molar-refractivity contribution in [2.45, 2.75) is 25.6 Å². The summed E-state index contributed by atoms with van der Waals surface area (Å²) in [6, 6.07) is 13.9. The van der Waals surface area contributed by atoms with E-state index in [0.717, 1.165) is 29.1 Å². The minimum Gasteiger partial charge on any atom is -0.497 e. The molecule has 26 heavy (non-hydrogen) atoms. The molecule has 5 N–H and O–H groups in total. The van der Waals surface area contributed by atoms with Gasteiger partial charge in [-0.1, -0.05) is 12.1 Å². The highest BCUT2D eigenvalue weighted by Gasteiger charge is 2.25. The van der Waals surface area contributed by atoms with Crippen LogP contribution in [0, 0.1) is 6.92 Å². The van der Waals surface area contributed by atoms with E-state index >= 15 is 0 Å². The molecule has 2 atom stereocenters. The highest BCUT2D eigenvalue weighted by Crippen LogP contribution is 2.26. The molecule has 7 heteroatoms. The Morgan fingerprint density at radius 1 is 1.15 bits per heavy atom. The van der Waals surface area contributed by atoms with E-state index in [0.29, 0.717) is 0 Å². The van der Waals surface area contributed by atoms with E-state index in [4.69, 9.17) is 4.74 Å². The second-order valence-electron chi connectivity index (χ2n) is 6.28. The zero-order chi connectivity index (χ0) is 18.5. The average Bonchev–Trinajstić information content (AvgIpc) is 3.12. The first-order valence-corrected chi connectivity index (χ1v) is 8.60. The number of carbonyl (C=O) groups is 1. The quantitative estimate of drug-likeness (QED) is 0.569. The minimum absolute atomic E-state index is 0.110. The SMILES string of the molecule is CNC(=O)Nc1ccc(NC2CC(c3ccc(OC)cc3)NN2)c(C)c1. The van der Waals surface area contributed by atoms with E-state index in [2.05, 4.69) is 38.9 Å². The number of benzene rings is 2. The number of carbonyl (C=O) groups excluding carboxylic acids is 1. The summed E-state index contributed by atoms with van der Waals surface area (Å²) in [7, 11) is 3.26. The molecule has 1 aliphatic heterocycles. The number of urea groups is 1. The van der Waals surface area contributed by atoms with E-state index in [-0.39, 0.29) is 18.2 Å². The molecular formula is C19H25N5O2. The molecule has 7 nitrogen and oxygen atoms in total. The first-order chi connectivity index (χ1) is 12.6. The standard InChI is InChI=1S/C19H25N5O2/c1-12-10-14(21-19(25)20-2)6-9-16(12)22-18-11-17(23-24-18)13-4-7-15(26-3)8-5-13/h4-10,17-18,22-24H,11H2,1-3H3,(H2,20,21,25). The van der Waals surface area contributed by atoms with Crippen LogP contribution in [0.3, 0.4) is 0 Å². The van der Waals surface area contributed by atoms with Crippen LogP contribution in [0.2, 0.25) is 0 Å². The van der Waals surface area contributed by atoms with Gasteiger partial charge in [0.25, 0.3) is 0 Å². The Morgan fingerprint density at radius 2 is 1.92 bits per heavy atom. The van der Waals surface area contributed by atoms with Crippen molar-refractivity contribution in [1.82, 2.24) is 16.2 Å². The predicted octanol–water partition coefficient (Wildman–Crippen LogP) is 2.73. The number of hydrogen-bond donors (Lipinski definition) is 5. The number of hydrazine groups is 1. The third-order valence-corrected chi connectivity index (χ3v) is 4.46. The molecule has 1 heterocycles. The summed E-state index contributed by atoms with van der Waals surface area (Å²) in [5, 5.41) is 8.82. The molecule has 2 amide bonds. The first-order valence-electron chi connectivity index (χ1n) is 8.60. The molecule has 1 aliphatic rings. The normalized spacial score (nSPS) is 19.0. The number of aryl methyl sites for hydroxylation is 1. The third-order valence-electron chi connectivity index (χ3n) is 4.46. The number of amides is 2. The maximum atomic E-state index is 11.4. The van der Waals surface area contributed by atoms with Crippen LogP contribution in [0.5, 0.6) is 5.75 Å². The molecule has 0 saturated carbocycles. The van der Waals surface area contributed by atoms with Crippen LogP contribution >= 0.6 is 0 Å². The Balaban J connectivity index is 1.60. The van der Waals surface area contributed by atoms with E-state index in [1.807, 2.05) is 37.3 Å².